The van der Waals surface area contributed by atoms with Crippen molar-refractivity contribution in [3.8, 4) is 17.2 Å². The third kappa shape index (κ3) is 3.01. The van der Waals surface area contributed by atoms with Gasteiger partial charge in [-0.1, -0.05) is 13.3 Å². The Labute approximate surface area is 121 Å². The average molecular weight is 279 g/mol. The van der Waals surface area contributed by atoms with Crippen LogP contribution >= 0.6 is 0 Å². The zero-order chi connectivity index (χ0) is 14.5. The molecule has 0 spiro atoms. The number of methoxy groups -OCH3 is 3. The summed E-state index contributed by atoms with van der Waals surface area (Å²) in [4.78, 5) is 0. The van der Waals surface area contributed by atoms with Crippen molar-refractivity contribution in [1.29, 1.82) is 0 Å². The summed E-state index contributed by atoms with van der Waals surface area (Å²) in [5, 5.41) is 3.61. The molecule has 0 saturated carbocycles. The topological polar surface area (TPSA) is 39.7 Å². The van der Waals surface area contributed by atoms with Gasteiger partial charge in [0.15, 0.2) is 0 Å². The molecular formula is C16H25NO3. The maximum Gasteiger partial charge on any atom is 0.129 e. The Morgan fingerprint density at radius 1 is 1.05 bits per heavy atom. The summed E-state index contributed by atoms with van der Waals surface area (Å²) in [5.74, 6) is 2.76. The second-order valence-corrected chi connectivity index (χ2v) is 5.29. The summed E-state index contributed by atoms with van der Waals surface area (Å²) in [7, 11) is 5.04. The summed E-state index contributed by atoms with van der Waals surface area (Å²) >= 11 is 0. The van der Waals surface area contributed by atoms with E-state index in [0.29, 0.717) is 12.0 Å². The van der Waals surface area contributed by atoms with Gasteiger partial charge in [0.2, 0.25) is 0 Å². The molecule has 0 aromatic heterocycles. The van der Waals surface area contributed by atoms with Crippen molar-refractivity contribution in [2.24, 2.45) is 0 Å². The third-order valence-electron chi connectivity index (χ3n) is 4.16. The number of ether oxygens (including phenoxy) is 3. The molecular weight excluding hydrogens is 254 g/mol. The summed E-state index contributed by atoms with van der Waals surface area (Å²) in [6, 6.07) is 4.33. The average Bonchev–Trinajstić information content (AvgIpc) is 2.53. The van der Waals surface area contributed by atoms with Crippen LogP contribution < -0.4 is 19.5 Å². The van der Waals surface area contributed by atoms with Crippen molar-refractivity contribution in [2.75, 3.05) is 27.9 Å². The number of benzene rings is 1. The zero-order valence-electron chi connectivity index (χ0n) is 12.9. The molecule has 1 fully saturated rings. The Bertz CT molecular complexity index is 416. The molecule has 20 heavy (non-hydrogen) atoms. The van der Waals surface area contributed by atoms with E-state index in [1.165, 1.54) is 19.3 Å². The Morgan fingerprint density at radius 3 is 2.15 bits per heavy atom. The molecule has 0 aliphatic carbocycles. The molecule has 1 heterocycles. The molecule has 2 atom stereocenters. The molecule has 0 amide bonds. The summed E-state index contributed by atoms with van der Waals surface area (Å²) < 4.78 is 16.4. The lowest BCUT2D eigenvalue weighted by molar-refractivity contribution is 0.330. The first kappa shape index (κ1) is 15.0. The largest absolute Gasteiger partial charge is 0.496 e. The number of rotatable bonds is 5. The van der Waals surface area contributed by atoms with E-state index in [0.717, 1.165) is 29.4 Å². The van der Waals surface area contributed by atoms with Crippen LogP contribution in [0, 0.1) is 0 Å². The third-order valence-corrected chi connectivity index (χ3v) is 4.16. The fourth-order valence-corrected chi connectivity index (χ4v) is 2.99. The molecule has 2 unspecified atom stereocenters. The quantitative estimate of drug-likeness (QED) is 0.899. The first-order valence-corrected chi connectivity index (χ1v) is 7.24. The predicted molar refractivity (Wildman–Crippen MR) is 80.2 cm³/mol. The number of hydrogen-bond acceptors (Lipinski definition) is 4. The smallest absolute Gasteiger partial charge is 0.129 e. The van der Waals surface area contributed by atoms with Gasteiger partial charge >= 0.3 is 0 Å². The van der Waals surface area contributed by atoms with E-state index >= 15 is 0 Å². The minimum Gasteiger partial charge on any atom is -0.496 e. The molecule has 0 radical (unpaired) electrons. The monoisotopic (exact) mass is 279 g/mol. The van der Waals surface area contributed by atoms with Gasteiger partial charge in [-0.25, -0.2) is 0 Å². The van der Waals surface area contributed by atoms with Crippen LogP contribution in [0.5, 0.6) is 17.2 Å². The van der Waals surface area contributed by atoms with Gasteiger partial charge in [0.1, 0.15) is 17.2 Å². The molecule has 2 rings (SSSR count). The van der Waals surface area contributed by atoms with E-state index < -0.39 is 0 Å². The lowest BCUT2D eigenvalue weighted by Gasteiger charge is -2.31. The maximum atomic E-state index is 5.55. The van der Waals surface area contributed by atoms with Gasteiger partial charge in [-0.3, -0.25) is 0 Å². The van der Waals surface area contributed by atoms with Crippen LogP contribution in [0.1, 0.15) is 37.7 Å². The molecule has 4 heteroatoms. The highest BCUT2D eigenvalue weighted by atomic mass is 16.5. The standard InChI is InChI=1S/C16H25NO3/c1-11(13-7-5-6-8-17-13)16-14(19-3)9-12(18-2)10-15(16)20-4/h9-11,13,17H,5-8H2,1-4H3. The first-order chi connectivity index (χ1) is 9.71. The van der Waals surface area contributed by atoms with Crippen LogP contribution in [-0.4, -0.2) is 33.9 Å². The van der Waals surface area contributed by atoms with E-state index in [1.807, 2.05) is 12.1 Å². The Balaban J connectivity index is 2.36. The lowest BCUT2D eigenvalue weighted by atomic mass is 9.87. The van der Waals surface area contributed by atoms with Crippen LogP contribution in [0.25, 0.3) is 0 Å². The van der Waals surface area contributed by atoms with Gasteiger partial charge in [-0.05, 0) is 19.4 Å². The van der Waals surface area contributed by atoms with Gasteiger partial charge in [0, 0.05) is 29.7 Å². The van der Waals surface area contributed by atoms with Crippen molar-refractivity contribution in [3.63, 3.8) is 0 Å². The number of piperidine rings is 1. The van der Waals surface area contributed by atoms with E-state index in [9.17, 15) is 0 Å². The number of hydrogen-bond donors (Lipinski definition) is 1. The molecule has 1 aliphatic rings. The van der Waals surface area contributed by atoms with Gasteiger partial charge in [-0.15, -0.1) is 0 Å². The summed E-state index contributed by atoms with van der Waals surface area (Å²) in [5.41, 5.74) is 1.12. The van der Waals surface area contributed by atoms with Crippen molar-refractivity contribution in [1.82, 2.24) is 5.32 Å². The van der Waals surface area contributed by atoms with E-state index in [4.69, 9.17) is 14.2 Å². The van der Waals surface area contributed by atoms with Crippen molar-refractivity contribution in [3.05, 3.63) is 17.7 Å². The number of nitrogens with one attached hydrogen (secondary N) is 1. The van der Waals surface area contributed by atoms with E-state index in [1.54, 1.807) is 21.3 Å². The van der Waals surface area contributed by atoms with E-state index in [2.05, 4.69) is 12.2 Å². The minimum atomic E-state index is 0.339. The predicted octanol–water partition coefficient (Wildman–Crippen LogP) is 2.96. The van der Waals surface area contributed by atoms with Crippen LogP contribution in [0.2, 0.25) is 0 Å². The molecule has 1 aromatic rings. The van der Waals surface area contributed by atoms with Crippen LogP contribution in [0.4, 0.5) is 0 Å². The maximum absolute atomic E-state index is 5.55. The van der Waals surface area contributed by atoms with Crippen LogP contribution in [0.3, 0.4) is 0 Å². The van der Waals surface area contributed by atoms with Gasteiger partial charge < -0.3 is 19.5 Å². The summed E-state index contributed by atoms with van der Waals surface area (Å²) in [6.45, 7) is 3.33. The summed E-state index contributed by atoms with van der Waals surface area (Å²) in [6.07, 6.45) is 3.74. The van der Waals surface area contributed by atoms with Gasteiger partial charge in [0.05, 0.1) is 21.3 Å². The Hall–Kier alpha value is -1.42. The molecule has 1 aliphatic heterocycles. The van der Waals surface area contributed by atoms with Crippen molar-refractivity contribution < 1.29 is 14.2 Å². The highest BCUT2D eigenvalue weighted by Gasteiger charge is 2.27. The molecule has 1 N–H and O–H groups in total. The fourth-order valence-electron chi connectivity index (χ4n) is 2.99. The molecule has 1 aromatic carbocycles. The zero-order valence-corrected chi connectivity index (χ0v) is 12.9. The van der Waals surface area contributed by atoms with Gasteiger partial charge in [0.25, 0.3) is 0 Å². The molecule has 112 valence electrons. The minimum absolute atomic E-state index is 0.339. The van der Waals surface area contributed by atoms with Crippen molar-refractivity contribution >= 4 is 0 Å². The second-order valence-electron chi connectivity index (χ2n) is 5.29. The van der Waals surface area contributed by atoms with Crippen LogP contribution in [-0.2, 0) is 0 Å². The Morgan fingerprint density at radius 2 is 1.70 bits per heavy atom. The van der Waals surface area contributed by atoms with Crippen LogP contribution in [0.15, 0.2) is 12.1 Å². The van der Waals surface area contributed by atoms with Gasteiger partial charge in [-0.2, -0.15) is 0 Å². The van der Waals surface area contributed by atoms with E-state index in [-0.39, 0.29) is 0 Å². The van der Waals surface area contributed by atoms with Crippen molar-refractivity contribution in [2.45, 2.75) is 38.1 Å². The fraction of sp³-hybridized carbons (Fsp3) is 0.625. The SMILES string of the molecule is COc1cc(OC)c(C(C)C2CCCCN2)c(OC)c1. The second kappa shape index (κ2) is 6.84. The highest BCUT2D eigenvalue weighted by Crippen LogP contribution is 2.41. The molecule has 4 nitrogen and oxygen atoms in total. The first-order valence-electron chi connectivity index (χ1n) is 7.24. The Kier molecular flexibility index (Phi) is 5.12. The lowest BCUT2D eigenvalue weighted by Crippen LogP contribution is -2.38. The molecule has 0 bridgehead atoms. The highest BCUT2D eigenvalue weighted by molar-refractivity contribution is 5.52. The molecule has 1 saturated heterocycles. The normalized spacial score (nSPS) is 20.3.